The molecule has 0 spiro atoms. The van der Waals surface area contributed by atoms with Crippen molar-refractivity contribution >= 4 is 11.0 Å². The van der Waals surface area contributed by atoms with Gasteiger partial charge in [-0.2, -0.15) is 0 Å². The maximum Gasteiger partial charge on any atom is 0.109 e. The largest absolute Gasteiger partial charge is 0.331 e. The van der Waals surface area contributed by atoms with Crippen LogP contribution in [0.4, 0.5) is 0 Å². The summed E-state index contributed by atoms with van der Waals surface area (Å²) in [6, 6.07) is 8.38. The lowest BCUT2D eigenvalue weighted by molar-refractivity contribution is 0.564. The molecule has 1 aromatic carbocycles. The van der Waals surface area contributed by atoms with Gasteiger partial charge in [0.2, 0.25) is 0 Å². The predicted molar refractivity (Wildman–Crippen MR) is 90.4 cm³/mol. The Bertz CT molecular complexity index is 530. The second-order valence-corrected chi connectivity index (χ2v) is 5.94. The molecular formula is C18H29N3. The van der Waals surface area contributed by atoms with Gasteiger partial charge in [0.25, 0.3) is 0 Å². The quantitative estimate of drug-likeness (QED) is 0.666. The number of hydrogen-bond donors (Lipinski definition) is 1. The fraction of sp³-hybridized carbons (Fsp3) is 0.611. The van der Waals surface area contributed by atoms with Gasteiger partial charge in [-0.3, -0.25) is 0 Å². The van der Waals surface area contributed by atoms with E-state index in [1.54, 1.807) is 0 Å². The Labute approximate surface area is 128 Å². The Morgan fingerprint density at radius 2 is 1.52 bits per heavy atom. The van der Waals surface area contributed by atoms with Gasteiger partial charge in [-0.1, -0.05) is 50.7 Å². The summed E-state index contributed by atoms with van der Waals surface area (Å²) in [6.07, 6.45) is 11.6. The van der Waals surface area contributed by atoms with E-state index in [-0.39, 0.29) is 0 Å². The molecule has 3 nitrogen and oxygen atoms in total. The van der Waals surface area contributed by atoms with Crippen molar-refractivity contribution < 1.29 is 0 Å². The topological polar surface area (TPSA) is 43.8 Å². The van der Waals surface area contributed by atoms with E-state index in [2.05, 4.69) is 35.9 Å². The zero-order valence-corrected chi connectivity index (χ0v) is 13.4. The number of nitrogens with two attached hydrogens (primary N) is 1. The summed E-state index contributed by atoms with van der Waals surface area (Å²) in [7, 11) is 2.13. The molecule has 0 unspecified atom stereocenters. The normalized spacial score (nSPS) is 11.3. The van der Waals surface area contributed by atoms with Gasteiger partial charge in [-0.05, 0) is 31.5 Å². The van der Waals surface area contributed by atoms with Gasteiger partial charge in [0.05, 0.1) is 11.0 Å². The molecule has 0 saturated heterocycles. The number of unbranched alkanes of at least 4 members (excludes halogenated alkanes) is 7. The van der Waals surface area contributed by atoms with Crippen LogP contribution in [0.25, 0.3) is 11.0 Å². The van der Waals surface area contributed by atoms with Gasteiger partial charge in [0.15, 0.2) is 0 Å². The van der Waals surface area contributed by atoms with Crippen LogP contribution < -0.4 is 5.73 Å². The smallest absolute Gasteiger partial charge is 0.109 e. The third-order valence-corrected chi connectivity index (χ3v) is 4.23. The zero-order valence-electron chi connectivity index (χ0n) is 13.4. The SMILES string of the molecule is Cn1c(CCCCCCCCCCN)nc2ccccc21. The zero-order chi connectivity index (χ0) is 14.9. The van der Waals surface area contributed by atoms with Crippen molar-refractivity contribution in [1.82, 2.24) is 9.55 Å². The van der Waals surface area contributed by atoms with E-state index in [9.17, 15) is 0 Å². The van der Waals surface area contributed by atoms with E-state index >= 15 is 0 Å². The van der Waals surface area contributed by atoms with Gasteiger partial charge in [-0.15, -0.1) is 0 Å². The lowest BCUT2D eigenvalue weighted by atomic mass is 10.1. The van der Waals surface area contributed by atoms with Crippen molar-refractivity contribution in [1.29, 1.82) is 0 Å². The van der Waals surface area contributed by atoms with E-state index in [1.165, 1.54) is 62.7 Å². The van der Waals surface area contributed by atoms with Crippen molar-refractivity contribution in [3.05, 3.63) is 30.1 Å². The number of fused-ring (bicyclic) bond motifs is 1. The minimum atomic E-state index is 0.845. The van der Waals surface area contributed by atoms with Crippen molar-refractivity contribution in [2.75, 3.05) is 6.54 Å². The summed E-state index contributed by atoms with van der Waals surface area (Å²) >= 11 is 0. The molecule has 0 saturated carbocycles. The lowest BCUT2D eigenvalue weighted by Gasteiger charge is -2.03. The Balaban J connectivity index is 1.63. The molecular weight excluding hydrogens is 258 g/mol. The number of nitrogens with zero attached hydrogens (tertiary/aromatic N) is 2. The number of hydrogen-bond acceptors (Lipinski definition) is 2. The summed E-state index contributed by atoms with van der Waals surface area (Å²) in [5, 5.41) is 0. The highest BCUT2D eigenvalue weighted by Crippen LogP contribution is 2.16. The molecule has 1 aromatic heterocycles. The van der Waals surface area contributed by atoms with Gasteiger partial charge >= 0.3 is 0 Å². The van der Waals surface area contributed by atoms with Crippen molar-refractivity contribution in [3.63, 3.8) is 0 Å². The van der Waals surface area contributed by atoms with Gasteiger partial charge in [-0.25, -0.2) is 4.98 Å². The van der Waals surface area contributed by atoms with Crippen LogP contribution in [-0.4, -0.2) is 16.1 Å². The Hall–Kier alpha value is -1.35. The van der Waals surface area contributed by atoms with E-state index in [0.29, 0.717) is 0 Å². The third-order valence-electron chi connectivity index (χ3n) is 4.23. The minimum absolute atomic E-state index is 0.845. The van der Waals surface area contributed by atoms with Gasteiger partial charge in [0, 0.05) is 13.5 Å². The summed E-state index contributed by atoms with van der Waals surface area (Å²) in [5.74, 6) is 1.22. The standard InChI is InChI=1S/C18H29N3/c1-21-17-13-10-9-12-16(17)20-18(21)14-8-6-4-2-3-5-7-11-15-19/h9-10,12-13H,2-8,11,14-15,19H2,1H3. The number of imidazole rings is 1. The van der Waals surface area contributed by atoms with Crippen LogP contribution in [0, 0.1) is 0 Å². The second-order valence-electron chi connectivity index (χ2n) is 5.94. The molecule has 0 amide bonds. The van der Waals surface area contributed by atoms with Crippen LogP contribution in [0.3, 0.4) is 0 Å². The maximum absolute atomic E-state index is 5.50. The molecule has 1 heterocycles. The highest BCUT2D eigenvalue weighted by molar-refractivity contribution is 5.75. The maximum atomic E-state index is 5.50. The van der Waals surface area contributed by atoms with Crippen LogP contribution in [0.1, 0.15) is 57.2 Å². The number of benzene rings is 1. The van der Waals surface area contributed by atoms with Crippen molar-refractivity contribution in [2.45, 2.75) is 57.8 Å². The van der Waals surface area contributed by atoms with Crippen LogP contribution >= 0.6 is 0 Å². The molecule has 2 N–H and O–H groups in total. The fourth-order valence-corrected chi connectivity index (χ4v) is 2.91. The average molecular weight is 287 g/mol. The minimum Gasteiger partial charge on any atom is -0.331 e. The van der Waals surface area contributed by atoms with Crippen LogP contribution in [0.15, 0.2) is 24.3 Å². The second kappa shape index (κ2) is 8.83. The van der Waals surface area contributed by atoms with Gasteiger partial charge < -0.3 is 10.3 Å². The van der Waals surface area contributed by atoms with E-state index in [4.69, 9.17) is 10.7 Å². The number of aromatic nitrogens is 2. The molecule has 0 aliphatic rings. The molecule has 0 aliphatic carbocycles. The third kappa shape index (κ3) is 4.85. The Morgan fingerprint density at radius 3 is 2.19 bits per heavy atom. The number of aryl methyl sites for hydroxylation is 2. The first-order chi connectivity index (χ1) is 10.3. The number of rotatable bonds is 10. The van der Waals surface area contributed by atoms with Crippen molar-refractivity contribution in [3.8, 4) is 0 Å². The number of para-hydroxylation sites is 2. The lowest BCUT2D eigenvalue weighted by Crippen LogP contribution is -1.98. The van der Waals surface area contributed by atoms with E-state index in [1.807, 2.05) is 0 Å². The molecule has 21 heavy (non-hydrogen) atoms. The highest BCUT2D eigenvalue weighted by Gasteiger charge is 2.06. The molecule has 3 heteroatoms. The Kier molecular flexibility index (Phi) is 6.74. The molecule has 0 radical (unpaired) electrons. The monoisotopic (exact) mass is 287 g/mol. The average Bonchev–Trinajstić information content (AvgIpc) is 2.83. The molecule has 0 atom stereocenters. The van der Waals surface area contributed by atoms with Crippen LogP contribution in [0.5, 0.6) is 0 Å². The molecule has 2 rings (SSSR count). The Morgan fingerprint density at radius 1 is 0.905 bits per heavy atom. The molecule has 2 aromatic rings. The van der Waals surface area contributed by atoms with Crippen LogP contribution in [-0.2, 0) is 13.5 Å². The summed E-state index contributed by atoms with van der Waals surface area (Å²) in [6.45, 7) is 0.845. The molecule has 0 bridgehead atoms. The summed E-state index contributed by atoms with van der Waals surface area (Å²) < 4.78 is 2.24. The van der Waals surface area contributed by atoms with Crippen LogP contribution in [0.2, 0.25) is 0 Å². The first kappa shape index (κ1) is 16.0. The first-order valence-corrected chi connectivity index (χ1v) is 8.43. The van der Waals surface area contributed by atoms with Crippen molar-refractivity contribution in [2.24, 2.45) is 12.8 Å². The molecule has 0 fully saturated rings. The highest BCUT2D eigenvalue weighted by atomic mass is 15.1. The summed E-state index contributed by atoms with van der Waals surface area (Å²) in [5.41, 5.74) is 7.86. The fourth-order valence-electron chi connectivity index (χ4n) is 2.91. The molecule has 0 aliphatic heterocycles. The van der Waals surface area contributed by atoms with Gasteiger partial charge in [0.1, 0.15) is 5.82 Å². The molecule has 116 valence electrons. The predicted octanol–water partition coefficient (Wildman–Crippen LogP) is 4.20. The van der Waals surface area contributed by atoms with E-state index in [0.717, 1.165) is 18.5 Å². The van der Waals surface area contributed by atoms with E-state index < -0.39 is 0 Å². The first-order valence-electron chi connectivity index (χ1n) is 8.43. The summed E-state index contributed by atoms with van der Waals surface area (Å²) in [4.78, 5) is 4.73.